The van der Waals surface area contributed by atoms with E-state index in [2.05, 4.69) is 31.3 Å². The summed E-state index contributed by atoms with van der Waals surface area (Å²) in [6.45, 7) is 7.24. The molecule has 2 nitrogen and oxygen atoms in total. The summed E-state index contributed by atoms with van der Waals surface area (Å²) in [5, 5.41) is 15.7. The van der Waals surface area contributed by atoms with Gasteiger partial charge in [-0.1, -0.05) is 32.0 Å². The van der Waals surface area contributed by atoms with Gasteiger partial charge in [-0.25, -0.2) is 0 Å². The third-order valence-corrected chi connectivity index (χ3v) is 4.59. The van der Waals surface area contributed by atoms with Crippen LogP contribution in [0.3, 0.4) is 0 Å². The molecule has 3 heteroatoms. The number of aromatic hydroxyl groups is 1. The van der Waals surface area contributed by atoms with E-state index in [0.717, 1.165) is 23.0 Å². The van der Waals surface area contributed by atoms with Crippen LogP contribution < -0.4 is 5.32 Å². The maximum Gasteiger partial charge on any atom is 0.125 e. The van der Waals surface area contributed by atoms with Crippen molar-refractivity contribution in [3.8, 4) is 5.75 Å². The Labute approximate surface area is 124 Å². The zero-order valence-electron chi connectivity index (χ0n) is 12.1. The summed E-state index contributed by atoms with van der Waals surface area (Å²) in [7, 11) is 0. The minimum absolute atomic E-state index is 0.0687. The summed E-state index contributed by atoms with van der Waals surface area (Å²) in [5.74, 6) is 1.10. The number of anilines is 1. The fourth-order valence-corrected chi connectivity index (χ4v) is 3.28. The van der Waals surface area contributed by atoms with Gasteiger partial charge in [0.15, 0.2) is 0 Å². The van der Waals surface area contributed by atoms with Crippen LogP contribution in [-0.4, -0.2) is 17.0 Å². The normalized spacial score (nSPS) is 19.1. The zero-order valence-corrected chi connectivity index (χ0v) is 12.8. The van der Waals surface area contributed by atoms with E-state index in [-0.39, 0.29) is 11.3 Å². The Bertz CT molecular complexity index is 664. The van der Waals surface area contributed by atoms with Gasteiger partial charge in [0.05, 0.1) is 0 Å². The van der Waals surface area contributed by atoms with Crippen molar-refractivity contribution >= 4 is 28.1 Å². The van der Waals surface area contributed by atoms with Crippen LogP contribution in [0, 0.1) is 0 Å². The molecule has 1 heterocycles. The first-order chi connectivity index (χ1) is 9.49. The molecule has 3 rings (SSSR count). The summed E-state index contributed by atoms with van der Waals surface area (Å²) < 4.78 is 0. The Balaban J connectivity index is 2.31. The van der Waals surface area contributed by atoms with E-state index in [9.17, 15) is 5.11 Å². The largest absolute Gasteiger partial charge is 0.507 e. The number of phenolic OH excluding ortho intramolecular Hbond substituents is 1. The molecule has 0 amide bonds. The number of halogens is 1. The van der Waals surface area contributed by atoms with Gasteiger partial charge < -0.3 is 10.4 Å². The maximum absolute atomic E-state index is 10.2. The predicted molar refractivity (Wildman–Crippen MR) is 86.2 cm³/mol. The fraction of sp³-hybridized carbons (Fsp3) is 0.412. The number of nitrogens with one attached hydrogen (secondary N) is 1. The van der Waals surface area contributed by atoms with Crippen molar-refractivity contribution in [1.29, 1.82) is 0 Å². The zero-order chi connectivity index (χ0) is 14.4. The van der Waals surface area contributed by atoms with Gasteiger partial charge in [0.25, 0.3) is 0 Å². The molecular weight excluding hydrogens is 270 g/mol. The minimum atomic E-state index is 0.0687. The van der Waals surface area contributed by atoms with Crippen LogP contribution in [0.2, 0.25) is 0 Å². The number of fused-ring (bicyclic) bond motifs is 3. The molecule has 2 atom stereocenters. The van der Waals surface area contributed by atoms with Gasteiger partial charge in [-0.15, -0.1) is 11.6 Å². The van der Waals surface area contributed by atoms with E-state index in [1.54, 1.807) is 0 Å². The van der Waals surface area contributed by atoms with Crippen molar-refractivity contribution in [3.63, 3.8) is 0 Å². The molecule has 0 aromatic heterocycles. The van der Waals surface area contributed by atoms with Crippen molar-refractivity contribution in [1.82, 2.24) is 0 Å². The van der Waals surface area contributed by atoms with E-state index in [1.807, 2.05) is 19.1 Å². The second-order valence-corrected chi connectivity index (χ2v) is 6.67. The highest BCUT2D eigenvalue weighted by atomic mass is 35.5. The molecule has 2 N–H and O–H groups in total. The molecule has 0 aliphatic carbocycles. The molecule has 0 saturated heterocycles. The predicted octanol–water partition coefficient (Wildman–Crippen LogP) is 4.81. The molecule has 1 aliphatic heterocycles. The van der Waals surface area contributed by atoms with Crippen molar-refractivity contribution < 1.29 is 5.11 Å². The first-order valence-electron chi connectivity index (χ1n) is 7.16. The molecule has 0 spiro atoms. The lowest BCUT2D eigenvalue weighted by Crippen LogP contribution is -2.11. The standard InChI is InChI=1S/C17H20ClNO/c1-9(2)11-4-5-12-13(6-11)17-14(10(3)18)8-19-15(17)7-16(12)20/h4-7,9-10,14,19-20H,8H2,1-3H3. The highest BCUT2D eigenvalue weighted by Gasteiger charge is 2.29. The number of alkyl halides is 1. The molecule has 0 saturated carbocycles. The summed E-state index contributed by atoms with van der Waals surface area (Å²) in [6.07, 6.45) is 0. The van der Waals surface area contributed by atoms with E-state index in [0.29, 0.717) is 11.7 Å². The lowest BCUT2D eigenvalue weighted by atomic mass is 9.90. The van der Waals surface area contributed by atoms with Crippen molar-refractivity contribution in [2.75, 3.05) is 11.9 Å². The highest BCUT2D eigenvalue weighted by Crippen LogP contribution is 2.44. The second-order valence-electron chi connectivity index (χ2n) is 5.98. The molecule has 2 unspecified atom stereocenters. The Morgan fingerprint density at radius 3 is 2.60 bits per heavy atom. The van der Waals surface area contributed by atoms with E-state index < -0.39 is 0 Å². The molecule has 2 aromatic rings. The minimum Gasteiger partial charge on any atom is -0.507 e. The van der Waals surface area contributed by atoms with Crippen LogP contribution in [0.25, 0.3) is 10.8 Å². The van der Waals surface area contributed by atoms with Crippen LogP contribution in [-0.2, 0) is 0 Å². The maximum atomic E-state index is 10.2. The van der Waals surface area contributed by atoms with Gasteiger partial charge >= 0.3 is 0 Å². The molecule has 0 bridgehead atoms. The van der Waals surface area contributed by atoms with Gasteiger partial charge in [0.1, 0.15) is 5.75 Å². The monoisotopic (exact) mass is 289 g/mol. The lowest BCUT2D eigenvalue weighted by Gasteiger charge is -2.17. The molecule has 106 valence electrons. The summed E-state index contributed by atoms with van der Waals surface area (Å²) in [6, 6.07) is 8.15. The van der Waals surface area contributed by atoms with Crippen molar-refractivity contribution in [2.45, 2.75) is 38.0 Å². The summed E-state index contributed by atoms with van der Waals surface area (Å²) in [4.78, 5) is 0. The molecular formula is C17H20ClNO. The van der Waals surface area contributed by atoms with E-state index in [1.165, 1.54) is 11.1 Å². The first-order valence-corrected chi connectivity index (χ1v) is 7.60. The average Bonchev–Trinajstić information content (AvgIpc) is 2.82. The quantitative estimate of drug-likeness (QED) is 0.778. The van der Waals surface area contributed by atoms with Gasteiger partial charge in [0, 0.05) is 35.0 Å². The van der Waals surface area contributed by atoms with Crippen molar-refractivity contribution in [2.24, 2.45) is 0 Å². The van der Waals surface area contributed by atoms with Gasteiger partial charge in [-0.05, 0) is 29.4 Å². The molecule has 0 radical (unpaired) electrons. The topological polar surface area (TPSA) is 32.3 Å². The third-order valence-electron chi connectivity index (χ3n) is 4.29. The number of hydrogen-bond acceptors (Lipinski definition) is 2. The number of benzene rings is 2. The summed E-state index contributed by atoms with van der Waals surface area (Å²) >= 11 is 6.35. The van der Waals surface area contributed by atoms with Gasteiger partial charge in [0.2, 0.25) is 0 Å². The SMILES string of the molecule is CC(C)c1ccc2c(O)cc3c(c2c1)C(C(C)Cl)CN3. The molecule has 1 aliphatic rings. The number of hydrogen-bond donors (Lipinski definition) is 2. The van der Waals surface area contributed by atoms with Crippen LogP contribution >= 0.6 is 11.6 Å². The van der Waals surface area contributed by atoms with Crippen LogP contribution in [0.15, 0.2) is 24.3 Å². The molecule has 20 heavy (non-hydrogen) atoms. The number of rotatable bonds is 2. The lowest BCUT2D eigenvalue weighted by molar-refractivity contribution is 0.482. The number of phenols is 1. The average molecular weight is 290 g/mol. The van der Waals surface area contributed by atoms with E-state index >= 15 is 0 Å². The van der Waals surface area contributed by atoms with Gasteiger partial charge in [-0.2, -0.15) is 0 Å². The Morgan fingerprint density at radius 1 is 1.20 bits per heavy atom. The summed E-state index contributed by atoms with van der Waals surface area (Å²) in [5.41, 5.74) is 3.56. The van der Waals surface area contributed by atoms with Crippen LogP contribution in [0.4, 0.5) is 5.69 Å². The molecule has 2 aromatic carbocycles. The molecule has 0 fully saturated rings. The van der Waals surface area contributed by atoms with E-state index in [4.69, 9.17) is 11.6 Å². The Hall–Kier alpha value is -1.41. The smallest absolute Gasteiger partial charge is 0.125 e. The van der Waals surface area contributed by atoms with Crippen molar-refractivity contribution in [3.05, 3.63) is 35.4 Å². The van der Waals surface area contributed by atoms with Gasteiger partial charge in [-0.3, -0.25) is 0 Å². The second kappa shape index (κ2) is 4.85. The van der Waals surface area contributed by atoms with Crippen LogP contribution in [0.5, 0.6) is 5.75 Å². The third kappa shape index (κ3) is 2.03. The highest BCUT2D eigenvalue weighted by molar-refractivity contribution is 6.21. The Morgan fingerprint density at radius 2 is 1.95 bits per heavy atom. The fourth-order valence-electron chi connectivity index (χ4n) is 3.06. The Kier molecular flexibility index (Phi) is 3.29. The first kappa shape index (κ1) is 13.6. The van der Waals surface area contributed by atoms with Crippen LogP contribution in [0.1, 0.15) is 43.7 Å².